The Bertz CT molecular complexity index is 238. The number of hydrogen-bond acceptors (Lipinski definition) is 2. The number of para-hydroxylation sites is 1. The van der Waals surface area contributed by atoms with Crippen LogP contribution in [0.3, 0.4) is 0 Å². The van der Waals surface area contributed by atoms with Crippen LogP contribution in [0.2, 0.25) is 0 Å². The first-order valence-corrected chi connectivity index (χ1v) is 4.10. The van der Waals surface area contributed by atoms with E-state index in [0.29, 0.717) is 5.56 Å². The van der Waals surface area contributed by atoms with Crippen molar-refractivity contribution in [3.63, 3.8) is 0 Å². The van der Waals surface area contributed by atoms with Crippen molar-refractivity contribution in [3.05, 3.63) is 29.8 Å². The van der Waals surface area contributed by atoms with Crippen molar-refractivity contribution < 1.29 is 6.22 Å². The van der Waals surface area contributed by atoms with Gasteiger partial charge in [-0.05, 0) is 12.1 Å². The van der Waals surface area contributed by atoms with Crippen LogP contribution in [0.1, 0.15) is 25.6 Å². The molecule has 1 N–H and O–H groups in total. The van der Waals surface area contributed by atoms with Crippen LogP contribution in [0.5, 0.6) is 0 Å². The largest absolute Gasteiger partial charge is 0.388 e. The molecule has 0 heterocycles. The fraction of sp³-hybridized carbons (Fsp3) is 0.300. The summed E-state index contributed by atoms with van der Waals surface area (Å²) in [5.74, 6) is 0. The summed E-state index contributed by atoms with van der Waals surface area (Å²) in [5, 5.41) is 2.92. The molecule has 12 heavy (non-hydrogen) atoms. The summed E-state index contributed by atoms with van der Waals surface area (Å²) in [4.78, 5) is 10.3. The molecule has 0 aliphatic heterocycles. The van der Waals surface area contributed by atoms with Crippen molar-refractivity contribution in [2.24, 2.45) is 0 Å². The zero-order chi connectivity index (χ0) is 9.40. The van der Waals surface area contributed by atoms with E-state index in [9.17, 15) is 4.79 Å². The van der Waals surface area contributed by atoms with Crippen molar-refractivity contribution in [3.8, 4) is 0 Å². The fourth-order valence-electron chi connectivity index (χ4n) is 0.827. The molecule has 0 atom stereocenters. The fourth-order valence-corrected chi connectivity index (χ4v) is 0.827. The zero-order valence-corrected chi connectivity index (χ0v) is 7.79. The molecule has 0 radical (unpaired) electrons. The van der Waals surface area contributed by atoms with Crippen molar-refractivity contribution >= 4 is 12.0 Å². The third kappa shape index (κ3) is 2.74. The lowest BCUT2D eigenvalue weighted by molar-refractivity contribution is 0.112. The first-order valence-electron chi connectivity index (χ1n) is 4.10. The Morgan fingerprint density at radius 3 is 2.33 bits per heavy atom. The Kier molecular flexibility index (Phi) is 5.70. The van der Waals surface area contributed by atoms with Crippen LogP contribution in [0, 0.1) is 0 Å². The van der Waals surface area contributed by atoms with Gasteiger partial charge in [-0.15, -0.1) is 0 Å². The Morgan fingerprint density at radius 1 is 1.33 bits per heavy atom. The topological polar surface area (TPSA) is 29.1 Å². The van der Waals surface area contributed by atoms with E-state index in [1.54, 1.807) is 13.1 Å². The second-order valence-electron chi connectivity index (χ2n) is 1.96. The normalized spacial score (nSPS) is 7.92. The second kappa shape index (κ2) is 6.40. The molecule has 0 unspecified atom stereocenters. The number of carbonyl (C=O) groups excluding carboxylic acids is 1. The monoisotopic (exact) mass is 167 g/mol. The van der Waals surface area contributed by atoms with E-state index >= 15 is 0 Å². The maximum absolute atomic E-state index is 10.3. The van der Waals surface area contributed by atoms with Gasteiger partial charge in [0.25, 0.3) is 0 Å². The van der Waals surface area contributed by atoms with Gasteiger partial charge in [-0.25, -0.2) is 0 Å². The molecule has 2 nitrogen and oxygen atoms in total. The molecular weight excluding hydrogens is 150 g/mol. The van der Waals surface area contributed by atoms with Crippen molar-refractivity contribution in [2.75, 3.05) is 12.4 Å². The van der Waals surface area contributed by atoms with Gasteiger partial charge in [0.05, 0.1) is 0 Å². The molecule has 1 aromatic carbocycles. The molecule has 0 saturated heterocycles. The van der Waals surface area contributed by atoms with E-state index in [1.807, 2.05) is 32.0 Å². The maximum Gasteiger partial charge on any atom is 0.152 e. The highest BCUT2D eigenvalue weighted by Crippen LogP contribution is 2.10. The van der Waals surface area contributed by atoms with Gasteiger partial charge in [0.1, 0.15) is 0 Å². The first-order chi connectivity index (χ1) is 5.88. The first kappa shape index (κ1) is 10.7. The molecule has 2 heteroatoms. The SMILES string of the molecule is CC.CNc1ccccc1C=O.[HH]. The average Bonchev–Trinajstić information content (AvgIpc) is 2.20. The Labute approximate surface area is 75.1 Å². The lowest BCUT2D eigenvalue weighted by Gasteiger charge is -2.00. The third-order valence-corrected chi connectivity index (χ3v) is 1.36. The predicted octanol–water partition coefficient (Wildman–Crippen LogP) is 2.81. The lowest BCUT2D eigenvalue weighted by atomic mass is 10.2. The summed E-state index contributed by atoms with van der Waals surface area (Å²) in [6.45, 7) is 4.00. The van der Waals surface area contributed by atoms with Crippen LogP contribution < -0.4 is 5.32 Å². The highest BCUT2D eigenvalue weighted by molar-refractivity contribution is 5.83. The van der Waals surface area contributed by atoms with Gasteiger partial charge in [0, 0.05) is 19.7 Å². The lowest BCUT2D eigenvalue weighted by Crippen LogP contribution is -1.92. The van der Waals surface area contributed by atoms with Crippen LogP contribution >= 0.6 is 0 Å². The number of carbonyl (C=O) groups is 1. The summed E-state index contributed by atoms with van der Waals surface area (Å²) in [5.41, 5.74) is 1.57. The van der Waals surface area contributed by atoms with Gasteiger partial charge in [-0.2, -0.15) is 0 Å². The molecule has 68 valence electrons. The van der Waals surface area contributed by atoms with Gasteiger partial charge in [-0.3, -0.25) is 4.79 Å². The Morgan fingerprint density at radius 2 is 1.92 bits per heavy atom. The molecule has 0 aromatic heterocycles. The molecule has 0 spiro atoms. The molecule has 1 rings (SSSR count). The van der Waals surface area contributed by atoms with E-state index in [0.717, 1.165) is 12.0 Å². The molecule has 0 fully saturated rings. The van der Waals surface area contributed by atoms with Gasteiger partial charge in [-0.1, -0.05) is 26.0 Å². The molecule has 0 aliphatic rings. The van der Waals surface area contributed by atoms with Gasteiger partial charge >= 0.3 is 0 Å². The summed E-state index contributed by atoms with van der Waals surface area (Å²) in [6.07, 6.45) is 0.839. The standard InChI is InChI=1S/C8H9NO.C2H6.H2/c1-9-8-5-3-2-4-7(8)6-10;1-2;/h2-6,9H,1H3;1-2H3;1H. The number of nitrogens with one attached hydrogen (secondary N) is 1. The Hall–Kier alpha value is -1.31. The van der Waals surface area contributed by atoms with E-state index in [4.69, 9.17) is 0 Å². The smallest absolute Gasteiger partial charge is 0.152 e. The average molecular weight is 167 g/mol. The molecular formula is C10H17NO. The highest BCUT2D eigenvalue weighted by Gasteiger charge is 1.94. The van der Waals surface area contributed by atoms with Crippen LogP contribution in [-0.4, -0.2) is 13.3 Å². The summed E-state index contributed by atoms with van der Waals surface area (Å²) in [7, 11) is 1.79. The van der Waals surface area contributed by atoms with E-state index < -0.39 is 0 Å². The van der Waals surface area contributed by atoms with E-state index in [2.05, 4.69) is 5.32 Å². The quantitative estimate of drug-likeness (QED) is 0.686. The predicted molar refractivity (Wildman–Crippen MR) is 54.8 cm³/mol. The van der Waals surface area contributed by atoms with Gasteiger partial charge in [0.2, 0.25) is 0 Å². The minimum absolute atomic E-state index is 0. The van der Waals surface area contributed by atoms with Crippen LogP contribution in [0.25, 0.3) is 0 Å². The van der Waals surface area contributed by atoms with Gasteiger partial charge < -0.3 is 5.32 Å². The number of benzene rings is 1. The molecule has 0 saturated carbocycles. The molecule has 0 aliphatic carbocycles. The Balaban J connectivity index is 0. The maximum atomic E-state index is 10.3. The summed E-state index contributed by atoms with van der Waals surface area (Å²) < 4.78 is 0. The summed E-state index contributed by atoms with van der Waals surface area (Å²) in [6, 6.07) is 7.37. The molecule has 0 amide bonds. The zero-order valence-electron chi connectivity index (χ0n) is 7.79. The van der Waals surface area contributed by atoms with Crippen LogP contribution in [-0.2, 0) is 0 Å². The minimum atomic E-state index is 0. The highest BCUT2D eigenvalue weighted by atomic mass is 16.1. The van der Waals surface area contributed by atoms with Gasteiger partial charge in [0.15, 0.2) is 6.29 Å². The minimum Gasteiger partial charge on any atom is -0.388 e. The van der Waals surface area contributed by atoms with Crippen molar-refractivity contribution in [1.29, 1.82) is 0 Å². The van der Waals surface area contributed by atoms with Crippen LogP contribution in [0.15, 0.2) is 24.3 Å². The molecule has 1 aromatic rings. The number of aldehydes is 1. The number of rotatable bonds is 2. The second-order valence-corrected chi connectivity index (χ2v) is 1.96. The van der Waals surface area contributed by atoms with E-state index in [-0.39, 0.29) is 1.43 Å². The third-order valence-electron chi connectivity index (χ3n) is 1.36. The number of anilines is 1. The molecule has 0 bridgehead atoms. The van der Waals surface area contributed by atoms with Crippen molar-refractivity contribution in [2.45, 2.75) is 13.8 Å². The van der Waals surface area contributed by atoms with E-state index in [1.165, 1.54) is 0 Å². The number of hydrogen-bond donors (Lipinski definition) is 1. The summed E-state index contributed by atoms with van der Waals surface area (Å²) >= 11 is 0. The van der Waals surface area contributed by atoms with Crippen molar-refractivity contribution in [1.82, 2.24) is 0 Å². The van der Waals surface area contributed by atoms with Crippen LogP contribution in [0.4, 0.5) is 5.69 Å².